The monoisotopic (exact) mass is 277 g/mol. The average Bonchev–Trinajstić information content (AvgIpc) is 2.86. The molecular weight excluding hydrogens is 258 g/mol. The highest BCUT2D eigenvalue weighted by Gasteiger charge is 2.63. The summed E-state index contributed by atoms with van der Waals surface area (Å²) in [6.07, 6.45) is 3.29. The third-order valence-corrected chi connectivity index (χ3v) is 5.17. The van der Waals surface area contributed by atoms with Crippen LogP contribution in [0.5, 0.6) is 0 Å². The van der Waals surface area contributed by atoms with Gasteiger partial charge in [0.15, 0.2) is 0 Å². The van der Waals surface area contributed by atoms with Crippen molar-refractivity contribution in [3.8, 4) is 0 Å². The Labute approximate surface area is 117 Å². The van der Waals surface area contributed by atoms with Crippen LogP contribution in [0.2, 0.25) is 0 Å². The van der Waals surface area contributed by atoms with Crippen LogP contribution in [0, 0.1) is 17.3 Å². The number of carbonyl (C=O) groups excluding carboxylic acids is 2. The van der Waals surface area contributed by atoms with Gasteiger partial charge in [0, 0.05) is 17.7 Å². The number of imide groups is 1. The average molecular weight is 277 g/mol. The highest BCUT2D eigenvalue weighted by Crippen LogP contribution is 2.58. The van der Waals surface area contributed by atoms with E-state index < -0.39 is 11.9 Å². The summed E-state index contributed by atoms with van der Waals surface area (Å²) in [4.78, 5) is 37.1. The number of nitrogens with zero attached hydrogens (tertiary/aromatic N) is 1. The van der Waals surface area contributed by atoms with Crippen molar-refractivity contribution in [2.75, 3.05) is 6.54 Å². The molecule has 2 aliphatic carbocycles. The number of hydrogen-bond donors (Lipinski definition) is 1. The maximum atomic E-state index is 12.3. The molecule has 3 rings (SSSR count). The van der Waals surface area contributed by atoms with Crippen LogP contribution in [0.3, 0.4) is 0 Å². The molecular formula is C15H19NO4. The number of rotatable bonds is 3. The van der Waals surface area contributed by atoms with Gasteiger partial charge >= 0.3 is 5.97 Å². The number of aliphatic carboxylic acids is 1. The molecule has 1 fully saturated rings. The van der Waals surface area contributed by atoms with Gasteiger partial charge in [-0.1, -0.05) is 13.8 Å². The molecule has 2 unspecified atom stereocenters. The van der Waals surface area contributed by atoms with E-state index in [1.165, 1.54) is 4.90 Å². The summed E-state index contributed by atoms with van der Waals surface area (Å²) in [5, 5.41) is 9.17. The standard InChI is InChI=1S/C15H19NO4/c1-15(2)10(11(15)14(19)20)7-16-12(17)8-5-3-4-6-9(8)13(16)18/h10-11H,3-7H2,1-2H3,(H,19,20). The molecule has 5 heteroatoms. The van der Waals surface area contributed by atoms with Gasteiger partial charge in [-0.15, -0.1) is 0 Å². The Morgan fingerprint density at radius 1 is 1.20 bits per heavy atom. The molecule has 0 saturated heterocycles. The zero-order chi connectivity index (χ0) is 14.7. The minimum absolute atomic E-state index is 0.130. The Morgan fingerprint density at radius 2 is 1.70 bits per heavy atom. The van der Waals surface area contributed by atoms with Crippen LogP contribution >= 0.6 is 0 Å². The molecule has 5 nitrogen and oxygen atoms in total. The van der Waals surface area contributed by atoms with Gasteiger partial charge in [0.05, 0.1) is 5.92 Å². The smallest absolute Gasteiger partial charge is 0.307 e. The van der Waals surface area contributed by atoms with Crippen LogP contribution in [0.4, 0.5) is 0 Å². The number of hydrogen-bond acceptors (Lipinski definition) is 3. The lowest BCUT2D eigenvalue weighted by molar-refractivity contribution is -0.141. The molecule has 108 valence electrons. The predicted molar refractivity (Wildman–Crippen MR) is 70.6 cm³/mol. The van der Waals surface area contributed by atoms with E-state index in [4.69, 9.17) is 0 Å². The van der Waals surface area contributed by atoms with Gasteiger partial charge in [-0.25, -0.2) is 0 Å². The van der Waals surface area contributed by atoms with E-state index in [2.05, 4.69) is 0 Å². The quantitative estimate of drug-likeness (QED) is 0.795. The van der Waals surface area contributed by atoms with E-state index in [-0.39, 0.29) is 29.7 Å². The summed E-state index contributed by atoms with van der Waals surface area (Å²) in [5.74, 6) is -1.79. The Hall–Kier alpha value is -1.65. The SMILES string of the molecule is CC1(C)C(CN2C(=O)C3=C(CCCC3)C2=O)C1C(=O)O. The van der Waals surface area contributed by atoms with Gasteiger partial charge in [0.25, 0.3) is 11.8 Å². The number of carboxylic acids is 1. The highest BCUT2D eigenvalue weighted by molar-refractivity contribution is 6.19. The largest absolute Gasteiger partial charge is 0.481 e. The first kappa shape index (κ1) is 13.3. The molecule has 0 radical (unpaired) electrons. The van der Waals surface area contributed by atoms with Crippen molar-refractivity contribution in [1.82, 2.24) is 4.90 Å². The fraction of sp³-hybridized carbons (Fsp3) is 0.667. The van der Waals surface area contributed by atoms with E-state index in [0.717, 1.165) is 12.8 Å². The summed E-state index contributed by atoms with van der Waals surface area (Å²) in [6, 6.07) is 0. The number of carbonyl (C=O) groups is 3. The fourth-order valence-electron chi connectivity index (χ4n) is 3.73. The Bertz CT molecular complexity index is 518. The van der Waals surface area contributed by atoms with Gasteiger partial charge in [-0.2, -0.15) is 0 Å². The summed E-state index contributed by atoms with van der Waals surface area (Å²) in [6.45, 7) is 4.01. The normalized spacial score (nSPS) is 31.6. The van der Waals surface area contributed by atoms with Crippen molar-refractivity contribution in [1.29, 1.82) is 0 Å². The maximum absolute atomic E-state index is 12.3. The van der Waals surface area contributed by atoms with Crippen LogP contribution in [-0.4, -0.2) is 34.3 Å². The molecule has 0 bridgehead atoms. The van der Waals surface area contributed by atoms with Crippen LogP contribution in [0.25, 0.3) is 0 Å². The maximum Gasteiger partial charge on any atom is 0.307 e. The van der Waals surface area contributed by atoms with E-state index in [9.17, 15) is 19.5 Å². The second kappa shape index (κ2) is 4.17. The molecule has 0 spiro atoms. The minimum Gasteiger partial charge on any atom is -0.481 e. The minimum atomic E-state index is -0.836. The van der Waals surface area contributed by atoms with E-state index in [1.807, 2.05) is 13.8 Å². The summed E-state index contributed by atoms with van der Waals surface area (Å²) < 4.78 is 0. The van der Waals surface area contributed by atoms with Gasteiger partial charge in [0.2, 0.25) is 0 Å². The first-order valence-corrected chi connectivity index (χ1v) is 7.16. The summed E-state index contributed by atoms with van der Waals surface area (Å²) >= 11 is 0. The van der Waals surface area contributed by atoms with Crippen LogP contribution < -0.4 is 0 Å². The topological polar surface area (TPSA) is 74.7 Å². The summed E-state index contributed by atoms with van der Waals surface area (Å²) in [7, 11) is 0. The Morgan fingerprint density at radius 3 is 2.10 bits per heavy atom. The molecule has 1 N–H and O–H groups in total. The first-order chi connectivity index (χ1) is 9.35. The predicted octanol–water partition coefficient (Wildman–Crippen LogP) is 1.58. The molecule has 1 aliphatic heterocycles. The lowest BCUT2D eigenvalue weighted by Crippen LogP contribution is -2.34. The highest BCUT2D eigenvalue weighted by atomic mass is 16.4. The molecule has 1 heterocycles. The fourth-order valence-corrected chi connectivity index (χ4v) is 3.73. The zero-order valence-corrected chi connectivity index (χ0v) is 11.8. The van der Waals surface area contributed by atoms with Crippen molar-refractivity contribution in [2.24, 2.45) is 17.3 Å². The second-order valence-corrected chi connectivity index (χ2v) is 6.63. The first-order valence-electron chi connectivity index (χ1n) is 7.16. The Kier molecular flexibility index (Phi) is 2.78. The van der Waals surface area contributed by atoms with Crippen LogP contribution in [-0.2, 0) is 14.4 Å². The molecule has 0 aromatic heterocycles. The van der Waals surface area contributed by atoms with Gasteiger partial charge in [-0.05, 0) is 37.0 Å². The van der Waals surface area contributed by atoms with Crippen molar-refractivity contribution in [3.63, 3.8) is 0 Å². The van der Waals surface area contributed by atoms with E-state index in [0.29, 0.717) is 24.0 Å². The van der Waals surface area contributed by atoms with Crippen LogP contribution in [0.1, 0.15) is 39.5 Å². The van der Waals surface area contributed by atoms with E-state index in [1.54, 1.807) is 0 Å². The van der Waals surface area contributed by atoms with Crippen molar-refractivity contribution >= 4 is 17.8 Å². The van der Waals surface area contributed by atoms with Crippen LogP contribution in [0.15, 0.2) is 11.1 Å². The molecule has 1 saturated carbocycles. The number of amides is 2. The molecule has 2 atom stereocenters. The van der Waals surface area contributed by atoms with E-state index >= 15 is 0 Å². The van der Waals surface area contributed by atoms with Gasteiger partial charge < -0.3 is 5.11 Å². The lowest BCUT2D eigenvalue weighted by atomic mass is 9.93. The summed E-state index contributed by atoms with van der Waals surface area (Å²) in [5.41, 5.74) is 1.01. The zero-order valence-electron chi connectivity index (χ0n) is 11.8. The second-order valence-electron chi connectivity index (χ2n) is 6.63. The van der Waals surface area contributed by atoms with Crippen molar-refractivity contribution < 1.29 is 19.5 Å². The Balaban J connectivity index is 1.76. The molecule has 20 heavy (non-hydrogen) atoms. The lowest BCUT2D eigenvalue weighted by Gasteiger charge is -2.15. The van der Waals surface area contributed by atoms with Gasteiger partial charge in [0.1, 0.15) is 0 Å². The molecule has 0 aromatic carbocycles. The molecule has 2 amide bonds. The third kappa shape index (κ3) is 1.72. The molecule has 0 aromatic rings. The third-order valence-electron chi connectivity index (χ3n) is 5.17. The van der Waals surface area contributed by atoms with Crippen molar-refractivity contribution in [2.45, 2.75) is 39.5 Å². The number of carboxylic acid groups (broad SMARTS) is 1. The van der Waals surface area contributed by atoms with Crippen molar-refractivity contribution in [3.05, 3.63) is 11.1 Å². The van der Waals surface area contributed by atoms with Gasteiger partial charge in [-0.3, -0.25) is 19.3 Å². The molecule has 3 aliphatic rings.